The van der Waals surface area contributed by atoms with Crippen LogP contribution in [0.3, 0.4) is 0 Å². The molecular weight excluding hydrogens is 1180 g/mol. The summed E-state index contributed by atoms with van der Waals surface area (Å²) < 4.78 is 60.6. The molecule has 0 amide bonds. The second-order valence-corrected chi connectivity index (χ2v) is 39.2. The van der Waals surface area contributed by atoms with E-state index in [1.165, 1.54) is 116 Å². The van der Waals surface area contributed by atoms with Crippen molar-refractivity contribution in [2.75, 3.05) is 12.4 Å². The summed E-state index contributed by atoms with van der Waals surface area (Å²) in [5.41, 5.74) is -0.328. The molecule has 2 aromatic rings. The first kappa shape index (κ1) is 79.1. The number of unbranched alkanes of at least 4 members (excludes halogenated alkanes) is 1. The maximum absolute atomic E-state index is 14.5. The van der Waals surface area contributed by atoms with E-state index in [4.69, 9.17) is 4.74 Å². The van der Waals surface area contributed by atoms with Crippen LogP contribution in [0.15, 0.2) is 70.5 Å². The monoisotopic (exact) mass is 1320 g/mol. The topological polar surface area (TPSA) is 141 Å². The van der Waals surface area contributed by atoms with Crippen molar-refractivity contribution >= 4 is 19.7 Å². The molecule has 11 heteroatoms. The molecule has 1 heterocycles. The summed E-state index contributed by atoms with van der Waals surface area (Å²) in [5.74, 6) is 8.69. The molecule has 1 unspecified atom stereocenters. The van der Waals surface area contributed by atoms with E-state index in [9.17, 15) is 32.2 Å². The SMILES string of the molecule is C.C.CCC1CCC(O)(CC([C@@H](C)[C@H]2CC[C@H]3[C@@H]4CC[C@H]5C[C@@](C)(O)CC[C@]5(C)[C@H]4CC[C@]23C)S(=O)(=O)c2ccccc2)CC1.CCC1CCC2(CC1)CO2.C[C@H](CS(=O)(=O)c1ccccc1)[C@H]1CC[C@H]2[C@@H]3CC[C@H]4C[C@@](C)(O)CC[C@]4(C)[C@H]3CC[C@]12C.[CH2-]CCC.[Li+]. The molecule has 10 aliphatic carbocycles. The van der Waals surface area contributed by atoms with E-state index < -0.39 is 41.7 Å². The third-order valence-corrected chi connectivity index (χ3v) is 34.0. The van der Waals surface area contributed by atoms with Gasteiger partial charge in [0.25, 0.3) is 0 Å². The van der Waals surface area contributed by atoms with Crippen LogP contribution in [0.5, 0.6) is 0 Å². The molecule has 0 radical (unpaired) electrons. The number of sulfone groups is 2. The molecule has 93 heavy (non-hydrogen) atoms. The predicted octanol–water partition coefficient (Wildman–Crippen LogP) is 17.4. The molecule has 1 saturated heterocycles. The average molecular weight is 1320 g/mol. The summed E-state index contributed by atoms with van der Waals surface area (Å²) in [4.78, 5) is 0.889. The molecule has 11 aliphatic rings. The molecule has 8 nitrogen and oxygen atoms in total. The molecule has 11 fully saturated rings. The maximum Gasteiger partial charge on any atom is 1.00 e. The third kappa shape index (κ3) is 16.4. The minimum absolute atomic E-state index is 0. The van der Waals surface area contributed by atoms with Crippen molar-refractivity contribution < 1.29 is 55.8 Å². The van der Waals surface area contributed by atoms with Crippen LogP contribution >= 0.6 is 0 Å². The van der Waals surface area contributed by atoms with Gasteiger partial charge in [0.1, 0.15) is 0 Å². The van der Waals surface area contributed by atoms with Crippen LogP contribution in [-0.2, 0) is 24.4 Å². The van der Waals surface area contributed by atoms with Crippen molar-refractivity contribution in [3.8, 4) is 0 Å². The summed E-state index contributed by atoms with van der Waals surface area (Å²) in [7, 11) is -6.85. The minimum atomic E-state index is -3.60. The van der Waals surface area contributed by atoms with Crippen LogP contribution in [0.2, 0.25) is 0 Å². The molecule has 2 aromatic carbocycles. The van der Waals surface area contributed by atoms with Crippen LogP contribution < -0.4 is 18.9 Å². The zero-order valence-electron chi connectivity index (χ0n) is 59.7. The van der Waals surface area contributed by atoms with Crippen molar-refractivity contribution in [1.29, 1.82) is 0 Å². The van der Waals surface area contributed by atoms with E-state index in [0.29, 0.717) is 68.2 Å². The standard InChI is InChI=1S/C38H60O4S.C29H44O3S.C9H16O.C4H9.2CH4.Li/c1-6-27-16-20-38(40,21-17-27)25-34(43(41,42)29-10-8-7-9-11-29)26(2)31-14-15-32-30-13-12-28-24-35(3,39)22-23-36(28,4)33(30)18-19-37(31,32)5;1-20(19-33(31,32)22-8-6-5-7-9-22)24-12-13-25-23-11-10-21-18-27(2,30)16-17-28(21,3)26(23)14-15-29(24,25)4;1-2-8-3-5-9(6-4-8)7-10-9;1-3-4-2;;;/h7-11,26-28,30-34,39-40H,6,12-25H2,1-5H3;5-9,20-21,23-26,30H,10-19H2,1-4H3;8H,2-7H2,1H3;1,3-4H2,2H3;2*1H4;/q;;;-1;;;+1/t26-,27?,28-,30-,31+,32-,33-,34?,35-,36-,37+,38?;20-,21+,23+,24-,25+,26+,27+,28+,29-;;;;;/m01...../s1. The van der Waals surface area contributed by atoms with Crippen LogP contribution in [0, 0.1) is 111 Å². The van der Waals surface area contributed by atoms with Crippen LogP contribution in [-0.4, -0.2) is 72.2 Å². The number of hydrogen-bond acceptors (Lipinski definition) is 8. The summed E-state index contributed by atoms with van der Waals surface area (Å²) in [5, 5.41) is 33.0. The Bertz CT molecular complexity index is 2870. The average Bonchev–Trinajstić information content (AvgIpc) is 1.71. The van der Waals surface area contributed by atoms with Gasteiger partial charge in [-0.25, -0.2) is 16.8 Å². The molecular formula is C82H137LiO8S2. The smallest absolute Gasteiger partial charge is 0.390 e. The van der Waals surface area contributed by atoms with Gasteiger partial charge >= 0.3 is 18.9 Å². The Morgan fingerprint density at radius 3 is 1.35 bits per heavy atom. The fourth-order valence-electron chi connectivity index (χ4n) is 23.8. The number of fused-ring (bicyclic) bond motifs is 10. The first-order valence-electron chi connectivity index (χ1n) is 37.6. The van der Waals surface area contributed by atoms with Crippen LogP contribution in [0.1, 0.15) is 290 Å². The van der Waals surface area contributed by atoms with Gasteiger partial charge in [-0.05, 0) is 316 Å². The van der Waals surface area contributed by atoms with Gasteiger partial charge in [-0.2, -0.15) is 6.42 Å². The zero-order valence-corrected chi connectivity index (χ0v) is 61.3. The van der Waals surface area contributed by atoms with Crippen LogP contribution in [0.25, 0.3) is 0 Å². The summed E-state index contributed by atoms with van der Waals surface area (Å²) in [6.45, 7) is 30.0. The summed E-state index contributed by atoms with van der Waals surface area (Å²) in [6, 6.07) is 18.1. The number of rotatable bonds is 13. The van der Waals surface area contributed by atoms with E-state index in [1.807, 2.05) is 50.2 Å². The fraction of sp³-hybridized carbons (Fsp3) is 0.841. The van der Waals surface area contributed by atoms with Crippen LogP contribution in [0.4, 0.5) is 0 Å². The van der Waals surface area contributed by atoms with Gasteiger partial charge in [-0.15, -0.1) is 0 Å². The van der Waals surface area contributed by atoms with E-state index in [-0.39, 0.29) is 62.1 Å². The second kappa shape index (κ2) is 30.9. The Kier molecular flexibility index (Phi) is 26.3. The van der Waals surface area contributed by atoms with Crippen molar-refractivity contribution in [3.05, 3.63) is 67.6 Å². The quantitative estimate of drug-likeness (QED) is 0.102. The van der Waals surface area contributed by atoms with Gasteiger partial charge in [-0.3, -0.25) is 0 Å². The summed E-state index contributed by atoms with van der Waals surface area (Å²) in [6.07, 6.45) is 35.1. The van der Waals surface area contributed by atoms with Crippen molar-refractivity contribution in [3.63, 3.8) is 0 Å². The number of epoxide rings is 1. The van der Waals surface area contributed by atoms with Crippen molar-refractivity contribution in [1.82, 2.24) is 0 Å². The molecule has 1 spiro atoms. The molecule has 526 valence electrons. The minimum Gasteiger partial charge on any atom is -0.390 e. The zero-order chi connectivity index (χ0) is 64.9. The molecule has 10 saturated carbocycles. The number of aliphatic hydroxyl groups is 3. The first-order chi connectivity index (χ1) is 42.4. The van der Waals surface area contributed by atoms with E-state index in [1.54, 1.807) is 24.3 Å². The van der Waals surface area contributed by atoms with Crippen molar-refractivity contribution in [2.24, 2.45) is 105 Å². The molecule has 0 aromatic heterocycles. The predicted molar refractivity (Wildman–Crippen MR) is 382 cm³/mol. The Morgan fingerprint density at radius 1 is 0.516 bits per heavy atom. The van der Waals surface area contributed by atoms with Crippen molar-refractivity contribution in [2.45, 2.75) is 328 Å². The molecule has 19 atom stereocenters. The normalized spacial score (nSPS) is 43.0. The third-order valence-electron chi connectivity index (χ3n) is 29.7. The second-order valence-electron chi connectivity index (χ2n) is 35.0. The Balaban J connectivity index is 0.000000216. The number of ether oxygens (including phenoxy) is 1. The van der Waals surface area contributed by atoms with Gasteiger partial charge in [0, 0.05) is 0 Å². The van der Waals surface area contributed by atoms with Gasteiger partial charge in [0.05, 0.1) is 49.8 Å². The maximum atomic E-state index is 14.5. The van der Waals surface area contributed by atoms with E-state index in [0.717, 1.165) is 119 Å². The molecule has 3 N–H and O–H groups in total. The Hall–Kier alpha value is -1.22. The molecule has 0 bridgehead atoms. The molecule has 1 aliphatic heterocycles. The number of benzene rings is 2. The van der Waals surface area contributed by atoms with Gasteiger partial charge < -0.3 is 27.0 Å². The Labute approximate surface area is 583 Å². The Morgan fingerprint density at radius 2 is 0.925 bits per heavy atom. The molecule has 13 rings (SSSR count). The van der Waals surface area contributed by atoms with E-state index in [2.05, 4.69) is 69.2 Å². The van der Waals surface area contributed by atoms with Gasteiger partial charge in [-0.1, -0.05) is 133 Å². The fourth-order valence-corrected chi connectivity index (χ4v) is 27.6. The van der Waals surface area contributed by atoms with Gasteiger partial charge in [0.15, 0.2) is 19.7 Å². The van der Waals surface area contributed by atoms with Gasteiger partial charge in [0.2, 0.25) is 0 Å². The summed E-state index contributed by atoms with van der Waals surface area (Å²) >= 11 is 0. The van der Waals surface area contributed by atoms with E-state index >= 15 is 0 Å². The largest absolute Gasteiger partial charge is 1.00 e. The number of hydrogen-bond donors (Lipinski definition) is 3. The first-order valence-corrected chi connectivity index (χ1v) is 40.8.